The molecule has 0 atom stereocenters. The van der Waals surface area contributed by atoms with E-state index in [0.717, 1.165) is 24.2 Å². The molecular weight excluding hydrogens is 206 g/mol. The summed E-state index contributed by atoms with van der Waals surface area (Å²) in [5.74, 6) is 0.878. The normalized spacial score (nSPS) is 10.3. The Morgan fingerprint density at radius 3 is 2.53 bits per heavy atom. The summed E-state index contributed by atoms with van der Waals surface area (Å²) in [6.45, 7) is 4.31. The number of pyridine rings is 1. The highest BCUT2D eigenvalue weighted by Crippen LogP contribution is 2.09. The summed E-state index contributed by atoms with van der Waals surface area (Å²) in [5.41, 5.74) is 6.29. The number of nitrogens with one attached hydrogen (secondary N) is 1. The van der Waals surface area contributed by atoms with E-state index in [2.05, 4.69) is 24.1 Å². The molecule has 0 spiro atoms. The Bertz CT molecular complexity index is 317. The van der Waals surface area contributed by atoms with Crippen LogP contribution in [0.4, 0.5) is 5.82 Å². The Hall–Kier alpha value is -1.16. The van der Waals surface area contributed by atoms with Crippen molar-refractivity contribution in [3.8, 4) is 0 Å². The van der Waals surface area contributed by atoms with Crippen LogP contribution in [0.1, 0.15) is 32.3 Å². The minimum absolute atomic E-state index is 0.386. The van der Waals surface area contributed by atoms with Gasteiger partial charge in [-0.05, 0) is 25.0 Å². The smallest absolute Gasteiger partial charge is 0.126 e. The van der Waals surface area contributed by atoms with Crippen LogP contribution in [0, 0.1) is 0 Å². The van der Waals surface area contributed by atoms with E-state index in [4.69, 9.17) is 18.0 Å². The Balaban J connectivity index is 2.67. The zero-order chi connectivity index (χ0) is 11.3. The summed E-state index contributed by atoms with van der Waals surface area (Å²) in [4.78, 5) is 4.64. The van der Waals surface area contributed by atoms with Crippen molar-refractivity contribution in [2.24, 2.45) is 5.73 Å². The molecule has 0 bridgehead atoms. The van der Waals surface area contributed by atoms with E-state index < -0.39 is 0 Å². The fourth-order valence-corrected chi connectivity index (χ4v) is 1.45. The van der Waals surface area contributed by atoms with Crippen LogP contribution in [0.3, 0.4) is 0 Å². The Morgan fingerprint density at radius 1 is 1.47 bits per heavy atom. The third kappa shape index (κ3) is 3.47. The van der Waals surface area contributed by atoms with Gasteiger partial charge in [-0.1, -0.05) is 26.1 Å². The van der Waals surface area contributed by atoms with Crippen molar-refractivity contribution >= 4 is 23.0 Å². The summed E-state index contributed by atoms with van der Waals surface area (Å²) in [5, 5.41) is 3.35. The zero-order valence-electron chi connectivity index (χ0n) is 9.16. The van der Waals surface area contributed by atoms with Crippen LogP contribution in [0.25, 0.3) is 0 Å². The maximum absolute atomic E-state index is 5.49. The summed E-state index contributed by atoms with van der Waals surface area (Å²) in [6, 6.07) is 4.28. The molecule has 1 aromatic rings. The molecule has 15 heavy (non-hydrogen) atoms. The van der Waals surface area contributed by atoms with E-state index in [-0.39, 0.29) is 0 Å². The van der Waals surface area contributed by atoms with Gasteiger partial charge >= 0.3 is 0 Å². The van der Waals surface area contributed by atoms with E-state index in [1.54, 1.807) is 6.20 Å². The highest BCUT2D eigenvalue weighted by atomic mass is 32.1. The third-order valence-corrected chi connectivity index (χ3v) is 2.62. The first-order valence-corrected chi connectivity index (χ1v) is 5.60. The van der Waals surface area contributed by atoms with Crippen LogP contribution >= 0.6 is 12.2 Å². The third-order valence-electron chi connectivity index (χ3n) is 2.39. The average molecular weight is 223 g/mol. The Morgan fingerprint density at radius 2 is 2.13 bits per heavy atom. The highest BCUT2D eigenvalue weighted by molar-refractivity contribution is 7.80. The van der Waals surface area contributed by atoms with Crippen LogP contribution in [-0.4, -0.2) is 16.0 Å². The van der Waals surface area contributed by atoms with Gasteiger partial charge < -0.3 is 11.1 Å². The molecular formula is C11H17N3S. The summed E-state index contributed by atoms with van der Waals surface area (Å²) < 4.78 is 0. The van der Waals surface area contributed by atoms with E-state index in [1.165, 1.54) is 0 Å². The van der Waals surface area contributed by atoms with Crippen LogP contribution in [0.5, 0.6) is 0 Å². The number of anilines is 1. The second kappa shape index (κ2) is 5.66. The number of rotatable bonds is 5. The minimum atomic E-state index is 0.386. The molecule has 0 fully saturated rings. The van der Waals surface area contributed by atoms with Gasteiger partial charge in [0.25, 0.3) is 0 Å². The fraction of sp³-hybridized carbons (Fsp3) is 0.455. The zero-order valence-corrected chi connectivity index (χ0v) is 9.97. The van der Waals surface area contributed by atoms with E-state index in [1.807, 2.05) is 12.1 Å². The van der Waals surface area contributed by atoms with Crippen LogP contribution in [0.2, 0.25) is 0 Å². The maximum Gasteiger partial charge on any atom is 0.126 e. The van der Waals surface area contributed by atoms with Gasteiger partial charge in [-0.15, -0.1) is 0 Å². The predicted octanol–water partition coefficient (Wildman–Crippen LogP) is 2.32. The first-order chi connectivity index (χ1) is 7.17. The number of nitrogens with two attached hydrogens (primary N) is 1. The fourth-order valence-electron chi connectivity index (χ4n) is 1.33. The van der Waals surface area contributed by atoms with Gasteiger partial charge in [-0.2, -0.15) is 0 Å². The monoisotopic (exact) mass is 223 g/mol. The van der Waals surface area contributed by atoms with E-state index in [9.17, 15) is 0 Å². The molecule has 0 amide bonds. The molecule has 82 valence electrons. The molecule has 3 N–H and O–H groups in total. The summed E-state index contributed by atoms with van der Waals surface area (Å²) >= 11 is 4.86. The molecule has 0 aliphatic rings. The Kier molecular flexibility index (Phi) is 4.49. The molecule has 0 saturated carbocycles. The number of thiocarbonyl (C=S) groups is 1. The van der Waals surface area contributed by atoms with Gasteiger partial charge in [-0.3, -0.25) is 0 Å². The molecule has 1 rings (SSSR count). The molecule has 0 aromatic carbocycles. The second-order valence-electron chi connectivity index (χ2n) is 3.45. The number of hydrogen-bond donors (Lipinski definition) is 2. The number of hydrogen-bond acceptors (Lipinski definition) is 3. The van der Waals surface area contributed by atoms with Crippen molar-refractivity contribution in [2.75, 3.05) is 5.32 Å². The van der Waals surface area contributed by atoms with Crippen molar-refractivity contribution in [1.82, 2.24) is 4.98 Å². The quantitative estimate of drug-likeness (QED) is 0.752. The van der Waals surface area contributed by atoms with Crippen molar-refractivity contribution in [1.29, 1.82) is 0 Å². The standard InChI is InChI=1S/C11H17N3S/c1-3-9(4-2)14-10-6-5-8(7-13-10)11(12)15/h5-7,9H,3-4H2,1-2H3,(H2,12,15)(H,13,14). The van der Waals surface area contributed by atoms with Gasteiger partial charge in [0, 0.05) is 17.8 Å². The van der Waals surface area contributed by atoms with Gasteiger partial charge in [0.2, 0.25) is 0 Å². The number of aromatic nitrogens is 1. The lowest BCUT2D eigenvalue weighted by Gasteiger charge is -2.15. The summed E-state index contributed by atoms with van der Waals surface area (Å²) in [6.07, 6.45) is 3.89. The van der Waals surface area contributed by atoms with Crippen molar-refractivity contribution in [3.05, 3.63) is 23.9 Å². The van der Waals surface area contributed by atoms with Crippen LogP contribution < -0.4 is 11.1 Å². The second-order valence-corrected chi connectivity index (χ2v) is 3.89. The molecule has 0 aliphatic carbocycles. The van der Waals surface area contributed by atoms with Crippen molar-refractivity contribution < 1.29 is 0 Å². The van der Waals surface area contributed by atoms with Crippen molar-refractivity contribution in [3.63, 3.8) is 0 Å². The first kappa shape index (κ1) is 11.9. The molecule has 0 radical (unpaired) electrons. The highest BCUT2D eigenvalue weighted by Gasteiger charge is 2.03. The van der Waals surface area contributed by atoms with Crippen molar-refractivity contribution in [2.45, 2.75) is 32.7 Å². The molecule has 0 saturated heterocycles. The minimum Gasteiger partial charge on any atom is -0.389 e. The predicted molar refractivity (Wildman–Crippen MR) is 68.1 cm³/mol. The molecule has 3 nitrogen and oxygen atoms in total. The molecule has 0 unspecified atom stereocenters. The lowest BCUT2D eigenvalue weighted by molar-refractivity contribution is 0.668. The SMILES string of the molecule is CCC(CC)Nc1ccc(C(N)=S)cn1. The molecule has 1 aromatic heterocycles. The Labute approximate surface area is 96.1 Å². The molecule has 1 heterocycles. The maximum atomic E-state index is 5.49. The van der Waals surface area contributed by atoms with Crippen LogP contribution in [0.15, 0.2) is 18.3 Å². The summed E-state index contributed by atoms with van der Waals surface area (Å²) in [7, 11) is 0. The van der Waals surface area contributed by atoms with Crippen LogP contribution in [-0.2, 0) is 0 Å². The molecule has 0 aliphatic heterocycles. The van der Waals surface area contributed by atoms with Gasteiger partial charge in [0.05, 0.1) is 0 Å². The van der Waals surface area contributed by atoms with Gasteiger partial charge in [0.15, 0.2) is 0 Å². The van der Waals surface area contributed by atoms with E-state index in [0.29, 0.717) is 11.0 Å². The molecule has 4 heteroatoms. The topological polar surface area (TPSA) is 50.9 Å². The first-order valence-electron chi connectivity index (χ1n) is 5.19. The lowest BCUT2D eigenvalue weighted by Crippen LogP contribution is -2.18. The van der Waals surface area contributed by atoms with Gasteiger partial charge in [-0.25, -0.2) is 4.98 Å². The lowest BCUT2D eigenvalue weighted by atomic mass is 10.2. The van der Waals surface area contributed by atoms with Gasteiger partial charge in [0.1, 0.15) is 10.8 Å². The average Bonchev–Trinajstić information content (AvgIpc) is 2.26. The largest absolute Gasteiger partial charge is 0.389 e. The van der Waals surface area contributed by atoms with E-state index >= 15 is 0 Å². The number of nitrogens with zero attached hydrogens (tertiary/aromatic N) is 1.